The summed E-state index contributed by atoms with van der Waals surface area (Å²) in [6.07, 6.45) is 3.67. The van der Waals surface area contributed by atoms with Crippen LogP contribution in [0, 0.1) is 5.92 Å². The van der Waals surface area contributed by atoms with Gasteiger partial charge >= 0.3 is 0 Å². The Balaban J connectivity index is 1.33. The van der Waals surface area contributed by atoms with Gasteiger partial charge in [-0.1, -0.05) is 30.3 Å². The Bertz CT molecular complexity index is 1100. The Morgan fingerprint density at radius 3 is 2.32 bits per heavy atom. The van der Waals surface area contributed by atoms with Crippen LogP contribution in [0.1, 0.15) is 28.9 Å². The van der Waals surface area contributed by atoms with Gasteiger partial charge in [-0.3, -0.25) is 19.5 Å². The molecule has 2 aromatic carbocycles. The quantitative estimate of drug-likeness (QED) is 0.694. The number of aromatic nitrogens is 1. The van der Waals surface area contributed by atoms with Crippen molar-refractivity contribution in [3.8, 4) is 0 Å². The summed E-state index contributed by atoms with van der Waals surface area (Å²) in [4.78, 5) is 34.5. The van der Waals surface area contributed by atoms with Crippen LogP contribution in [-0.2, 0) is 11.3 Å². The Morgan fingerprint density at radius 2 is 1.65 bits per heavy atom. The van der Waals surface area contributed by atoms with Crippen LogP contribution in [0.4, 0.5) is 5.69 Å². The van der Waals surface area contributed by atoms with Gasteiger partial charge in [-0.05, 0) is 47.9 Å². The van der Waals surface area contributed by atoms with Crippen molar-refractivity contribution in [2.24, 2.45) is 5.92 Å². The molecular weight excluding hydrogens is 388 g/mol. The first-order valence-electron chi connectivity index (χ1n) is 10.9. The fourth-order valence-corrected chi connectivity index (χ4v) is 4.10. The zero-order valence-electron chi connectivity index (χ0n) is 17.5. The van der Waals surface area contributed by atoms with Crippen LogP contribution in [0.25, 0.3) is 10.8 Å². The summed E-state index contributed by atoms with van der Waals surface area (Å²) in [6.45, 7) is 3.73. The first-order chi connectivity index (χ1) is 15.2. The van der Waals surface area contributed by atoms with E-state index in [-0.39, 0.29) is 17.7 Å². The molecule has 6 heteroatoms. The number of hydrogen-bond donors (Lipinski definition) is 1. The first-order valence-corrected chi connectivity index (χ1v) is 10.9. The second kappa shape index (κ2) is 8.47. The molecule has 2 amide bonds. The highest BCUT2D eigenvalue weighted by Gasteiger charge is 2.31. The van der Waals surface area contributed by atoms with E-state index < -0.39 is 0 Å². The lowest BCUT2D eigenvalue weighted by molar-refractivity contribution is -0.117. The van der Waals surface area contributed by atoms with Gasteiger partial charge in [0, 0.05) is 44.8 Å². The highest BCUT2D eigenvalue weighted by molar-refractivity contribution is 6.08. The molecule has 2 aliphatic rings. The molecule has 1 saturated heterocycles. The van der Waals surface area contributed by atoms with E-state index >= 15 is 0 Å². The van der Waals surface area contributed by atoms with Crippen molar-refractivity contribution in [1.82, 2.24) is 14.8 Å². The fraction of sp³-hybridized carbons (Fsp3) is 0.320. The van der Waals surface area contributed by atoms with Crippen LogP contribution in [0.5, 0.6) is 0 Å². The molecule has 0 spiro atoms. The molecule has 0 radical (unpaired) electrons. The van der Waals surface area contributed by atoms with Gasteiger partial charge in [0.05, 0.1) is 16.9 Å². The van der Waals surface area contributed by atoms with Gasteiger partial charge in [0.1, 0.15) is 0 Å². The molecule has 1 aliphatic carbocycles. The lowest BCUT2D eigenvalue weighted by Gasteiger charge is -2.35. The molecule has 0 atom stereocenters. The molecule has 2 fully saturated rings. The normalized spacial score (nSPS) is 17.0. The number of piperazine rings is 1. The van der Waals surface area contributed by atoms with Gasteiger partial charge in [-0.2, -0.15) is 0 Å². The van der Waals surface area contributed by atoms with Gasteiger partial charge in [0.25, 0.3) is 5.91 Å². The lowest BCUT2D eigenvalue weighted by atomic mass is 10.0. The molecule has 1 aromatic heterocycles. The fourth-order valence-electron chi connectivity index (χ4n) is 4.10. The standard InChI is InChI=1S/C25H26N4O2/c30-24(18-8-9-18)27-23-16-20-6-2-1-5-19(20)15-22(23)25(31)29-13-11-28(12-14-29)17-21-7-3-4-10-26-21/h1-7,10,15-16,18H,8-9,11-14,17H2,(H,27,30). The number of nitrogens with one attached hydrogen (secondary N) is 1. The summed E-state index contributed by atoms with van der Waals surface area (Å²) >= 11 is 0. The number of nitrogens with zero attached hydrogens (tertiary/aromatic N) is 3. The SMILES string of the molecule is O=C(Nc1cc2ccccc2cc1C(=O)N1CCN(Cc2ccccn2)CC1)C1CC1. The minimum absolute atomic E-state index is 0.0181. The molecule has 1 saturated carbocycles. The topological polar surface area (TPSA) is 65.5 Å². The van der Waals surface area contributed by atoms with Crippen LogP contribution in [0.3, 0.4) is 0 Å². The summed E-state index contributed by atoms with van der Waals surface area (Å²) in [7, 11) is 0. The van der Waals surface area contributed by atoms with E-state index in [1.54, 1.807) is 0 Å². The van der Waals surface area contributed by atoms with Crippen molar-refractivity contribution in [2.75, 3.05) is 31.5 Å². The monoisotopic (exact) mass is 414 g/mol. The Hall–Kier alpha value is -3.25. The van der Waals surface area contributed by atoms with Crippen LogP contribution in [0.15, 0.2) is 60.8 Å². The number of carbonyl (C=O) groups is 2. The van der Waals surface area contributed by atoms with Crippen LogP contribution < -0.4 is 5.32 Å². The maximum atomic E-state index is 13.4. The molecule has 158 valence electrons. The Labute approximate surface area is 181 Å². The van der Waals surface area contributed by atoms with Gasteiger partial charge in [-0.25, -0.2) is 0 Å². The zero-order valence-corrected chi connectivity index (χ0v) is 17.5. The number of amides is 2. The average molecular weight is 415 g/mol. The first kappa shape index (κ1) is 19.7. The predicted molar refractivity (Wildman–Crippen MR) is 121 cm³/mol. The van der Waals surface area contributed by atoms with Crippen molar-refractivity contribution < 1.29 is 9.59 Å². The molecule has 0 bridgehead atoms. The van der Waals surface area contributed by atoms with E-state index in [4.69, 9.17) is 0 Å². The largest absolute Gasteiger partial charge is 0.336 e. The molecule has 31 heavy (non-hydrogen) atoms. The van der Waals surface area contributed by atoms with Gasteiger partial charge in [0.2, 0.25) is 5.91 Å². The molecule has 2 heterocycles. The highest BCUT2D eigenvalue weighted by atomic mass is 16.2. The maximum absolute atomic E-state index is 13.4. The summed E-state index contributed by atoms with van der Waals surface area (Å²) in [5.41, 5.74) is 2.24. The van der Waals surface area contributed by atoms with E-state index in [1.807, 2.05) is 65.7 Å². The number of carbonyl (C=O) groups excluding carboxylic acids is 2. The van der Waals surface area contributed by atoms with Crippen molar-refractivity contribution in [2.45, 2.75) is 19.4 Å². The molecule has 5 rings (SSSR count). The van der Waals surface area contributed by atoms with E-state index in [0.717, 1.165) is 48.9 Å². The predicted octanol–water partition coefficient (Wildman–Crippen LogP) is 3.54. The second-order valence-electron chi connectivity index (χ2n) is 8.40. The third-order valence-corrected chi connectivity index (χ3v) is 6.09. The van der Waals surface area contributed by atoms with Gasteiger partial charge in [-0.15, -0.1) is 0 Å². The lowest BCUT2D eigenvalue weighted by Crippen LogP contribution is -2.48. The third kappa shape index (κ3) is 4.44. The summed E-state index contributed by atoms with van der Waals surface area (Å²) in [5, 5.41) is 5.04. The molecule has 1 aliphatic heterocycles. The number of pyridine rings is 1. The highest BCUT2D eigenvalue weighted by Crippen LogP contribution is 2.32. The number of anilines is 1. The molecule has 3 aromatic rings. The minimum atomic E-state index is -0.0191. The van der Waals surface area contributed by atoms with Crippen LogP contribution in [0.2, 0.25) is 0 Å². The molecule has 6 nitrogen and oxygen atoms in total. The molecular formula is C25H26N4O2. The summed E-state index contributed by atoms with van der Waals surface area (Å²) in [6, 6.07) is 17.7. The third-order valence-electron chi connectivity index (χ3n) is 6.09. The van der Waals surface area contributed by atoms with Crippen LogP contribution in [-0.4, -0.2) is 52.8 Å². The van der Waals surface area contributed by atoms with E-state index in [9.17, 15) is 9.59 Å². The van der Waals surface area contributed by atoms with E-state index in [1.165, 1.54) is 0 Å². The number of rotatable bonds is 5. The van der Waals surface area contributed by atoms with Gasteiger partial charge < -0.3 is 10.2 Å². The average Bonchev–Trinajstić information content (AvgIpc) is 3.65. The van der Waals surface area contributed by atoms with Crippen LogP contribution >= 0.6 is 0 Å². The smallest absolute Gasteiger partial charge is 0.256 e. The number of fused-ring (bicyclic) bond motifs is 1. The maximum Gasteiger partial charge on any atom is 0.256 e. The summed E-state index contributed by atoms with van der Waals surface area (Å²) in [5.74, 6) is 0.0865. The van der Waals surface area contributed by atoms with Crippen molar-refractivity contribution in [1.29, 1.82) is 0 Å². The number of benzene rings is 2. The Kier molecular flexibility index (Phi) is 5.38. The Morgan fingerprint density at radius 1 is 0.935 bits per heavy atom. The second-order valence-corrected chi connectivity index (χ2v) is 8.40. The van der Waals surface area contributed by atoms with E-state index in [2.05, 4.69) is 15.2 Å². The van der Waals surface area contributed by atoms with Gasteiger partial charge in [0.15, 0.2) is 0 Å². The molecule has 0 unspecified atom stereocenters. The minimum Gasteiger partial charge on any atom is -0.336 e. The van der Waals surface area contributed by atoms with E-state index in [0.29, 0.717) is 24.3 Å². The van der Waals surface area contributed by atoms with Crippen molar-refractivity contribution >= 4 is 28.3 Å². The number of hydrogen-bond acceptors (Lipinski definition) is 4. The zero-order chi connectivity index (χ0) is 21.2. The summed E-state index contributed by atoms with van der Waals surface area (Å²) < 4.78 is 0. The van der Waals surface area contributed by atoms with Crippen molar-refractivity contribution in [3.63, 3.8) is 0 Å². The molecule has 1 N–H and O–H groups in total. The van der Waals surface area contributed by atoms with Crippen molar-refractivity contribution in [3.05, 3.63) is 72.1 Å².